The molecule has 0 N–H and O–H groups in total. The number of benzene rings is 1. The van der Waals surface area contributed by atoms with Crippen molar-refractivity contribution in [2.75, 3.05) is 0 Å². The number of hydrogen-bond acceptors (Lipinski definition) is 1. The van der Waals surface area contributed by atoms with Crippen molar-refractivity contribution >= 4 is 0 Å². The third-order valence-electron chi connectivity index (χ3n) is 2.96. The van der Waals surface area contributed by atoms with Crippen LogP contribution in [0.1, 0.15) is 30.4 Å². The van der Waals surface area contributed by atoms with E-state index in [1.807, 2.05) is 18.2 Å². The van der Waals surface area contributed by atoms with Gasteiger partial charge in [-0.15, -0.1) is 0 Å². The quantitative estimate of drug-likeness (QED) is 0.666. The van der Waals surface area contributed by atoms with Crippen molar-refractivity contribution in [1.29, 1.82) is 5.26 Å². The number of nitrogens with zero attached hydrogens (tertiary/aromatic N) is 1. The van der Waals surface area contributed by atoms with Gasteiger partial charge in [0.2, 0.25) is 0 Å². The summed E-state index contributed by atoms with van der Waals surface area (Å²) in [6, 6.07) is 10.2. The predicted octanol–water partition coefficient (Wildman–Crippen LogP) is 3.46. The van der Waals surface area contributed by atoms with Gasteiger partial charge in [-0.05, 0) is 49.3 Å². The lowest BCUT2D eigenvalue weighted by molar-refractivity contribution is 0.477. The zero-order valence-corrected chi connectivity index (χ0v) is 8.82. The van der Waals surface area contributed by atoms with Crippen molar-refractivity contribution in [3.8, 4) is 6.07 Å². The highest BCUT2D eigenvalue weighted by atomic mass is 14.2. The third-order valence-corrected chi connectivity index (χ3v) is 2.96. The number of nitriles is 1. The highest BCUT2D eigenvalue weighted by Gasteiger charge is 2.10. The lowest BCUT2D eigenvalue weighted by atomic mass is 9.88. The molecular weight excluding hydrogens is 182 g/mol. The molecule has 76 valence electrons. The minimum absolute atomic E-state index is 0.768. The summed E-state index contributed by atoms with van der Waals surface area (Å²) in [6.07, 6.45) is 9.34. The van der Waals surface area contributed by atoms with E-state index >= 15 is 0 Å². The second-order valence-corrected chi connectivity index (χ2v) is 4.17. The number of hydrogen-bond donors (Lipinski definition) is 0. The Bertz CT molecular complexity index is 398. The van der Waals surface area contributed by atoms with Gasteiger partial charge in [0.1, 0.15) is 0 Å². The largest absolute Gasteiger partial charge is 0.192 e. The average Bonchev–Trinajstić information content (AvgIpc) is 2.31. The molecule has 0 aromatic heterocycles. The van der Waals surface area contributed by atoms with E-state index < -0.39 is 0 Å². The Balaban J connectivity index is 2.04. The van der Waals surface area contributed by atoms with E-state index in [4.69, 9.17) is 5.26 Å². The molecule has 0 heterocycles. The van der Waals surface area contributed by atoms with E-state index in [1.54, 1.807) is 0 Å². The molecule has 0 radical (unpaired) electrons. The van der Waals surface area contributed by atoms with Crippen LogP contribution < -0.4 is 0 Å². The topological polar surface area (TPSA) is 23.8 Å². The molecule has 1 nitrogen and oxygen atoms in total. The van der Waals surface area contributed by atoms with Crippen LogP contribution in [0, 0.1) is 17.2 Å². The maximum Gasteiger partial charge on any atom is 0.0991 e. The van der Waals surface area contributed by atoms with Crippen LogP contribution in [0.5, 0.6) is 0 Å². The molecule has 0 unspecified atom stereocenters. The molecule has 0 amide bonds. The first-order valence-corrected chi connectivity index (χ1v) is 5.52. The Hall–Kier alpha value is -1.55. The van der Waals surface area contributed by atoms with Crippen molar-refractivity contribution in [1.82, 2.24) is 0 Å². The van der Waals surface area contributed by atoms with Gasteiger partial charge in [-0.1, -0.05) is 24.3 Å². The van der Waals surface area contributed by atoms with E-state index in [2.05, 4.69) is 24.3 Å². The van der Waals surface area contributed by atoms with Gasteiger partial charge >= 0.3 is 0 Å². The lowest BCUT2D eigenvalue weighted by Crippen LogP contribution is -2.06. The van der Waals surface area contributed by atoms with Gasteiger partial charge in [-0.25, -0.2) is 0 Å². The van der Waals surface area contributed by atoms with Crippen LogP contribution >= 0.6 is 0 Å². The number of rotatable bonds is 2. The molecule has 1 aliphatic carbocycles. The molecule has 0 aliphatic heterocycles. The van der Waals surface area contributed by atoms with Crippen molar-refractivity contribution in [3.05, 3.63) is 47.5 Å². The van der Waals surface area contributed by atoms with Crippen LogP contribution in [0.25, 0.3) is 0 Å². The molecule has 1 heteroatoms. The van der Waals surface area contributed by atoms with Gasteiger partial charge in [-0.2, -0.15) is 5.26 Å². The maximum atomic E-state index is 8.81. The van der Waals surface area contributed by atoms with Crippen LogP contribution in [0.2, 0.25) is 0 Å². The summed E-state index contributed by atoms with van der Waals surface area (Å²) in [5, 5.41) is 8.81. The molecule has 0 fully saturated rings. The fourth-order valence-electron chi connectivity index (χ4n) is 2.14. The van der Waals surface area contributed by atoms with Crippen LogP contribution in [-0.2, 0) is 6.42 Å². The van der Waals surface area contributed by atoms with Gasteiger partial charge in [0.25, 0.3) is 0 Å². The van der Waals surface area contributed by atoms with Crippen molar-refractivity contribution in [2.24, 2.45) is 5.92 Å². The lowest BCUT2D eigenvalue weighted by Gasteiger charge is -2.17. The summed E-state index contributed by atoms with van der Waals surface area (Å²) >= 11 is 0. The van der Waals surface area contributed by atoms with E-state index in [0.29, 0.717) is 0 Å². The second kappa shape index (κ2) is 4.79. The zero-order chi connectivity index (χ0) is 10.5. The summed E-state index contributed by atoms with van der Waals surface area (Å²) in [7, 11) is 0. The number of allylic oxidation sites excluding steroid dienone is 2. The fourth-order valence-corrected chi connectivity index (χ4v) is 2.14. The Labute approximate surface area is 91.0 Å². The van der Waals surface area contributed by atoms with E-state index in [9.17, 15) is 0 Å². The summed E-state index contributed by atoms with van der Waals surface area (Å²) in [4.78, 5) is 0. The normalized spacial score (nSPS) is 19.8. The fraction of sp³-hybridized carbons (Fsp3) is 0.357. The van der Waals surface area contributed by atoms with E-state index in [-0.39, 0.29) is 0 Å². The Morgan fingerprint density at radius 3 is 3.00 bits per heavy atom. The standard InChI is InChI=1S/C14H15N/c15-11-14-8-4-7-13(10-14)9-12-5-2-1-3-6-12/h1-2,4,7-8,10,12H,3,5-6,9H2/t12-/m1/s1. The molecule has 0 bridgehead atoms. The molecular formula is C14H15N. The molecule has 2 rings (SSSR count). The Morgan fingerprint density at radius 1 is 1.33 bits per heavy atom. The van der Waals surface area contributed by atoms with Crippen molar-refractivity contribution < 1.29 is 0 Å². The van der Waals surface area contributed by atoms with Crippen LogP contribution in [-0.4, -0.2) is 0 Å². The molecule has 1 atom stereocenters. The monoisotopic (exact) mass is 197 g/mol. The predicted molar refractivity (Wildman–Crippen MR) is 61.3 cm³/mol. The molecule has 1 aromatic rings. The van der Waals surface area contributed by atoms with Gasteiger partial charge in [-0.3, -0.25) is 0 Å². The van der Waals surface area contributed by atoms with E-state index in [1.165, 1.54) is 24.8 Å². The SMILES string of the molecule is N#Cc1cccc(C[C@@H]2CC=CCC2)c1. The molecule has 0 saturated heterocycles. The molecule has 15 heavy (non-hydrogen) atoms. The second-order valence-electron chi connectivity index (χ2n) is 4.17. The minimum atomic E-state index is 0.768. The first kappa shape index (κ1) is 9.98. The Kier molecular flexibility index (Phi) is 3.19. The summed E-state index contributed by atoms with van der Waals surface area (Å²) in [5.41, 5.74) is 2.08. The third kappa shape index (κ3) is 2.70. The highest BCUT2D eigenvalue weighted by molar-refractivity contribution is 5.33. The van der Waals surface area contributed by atoms with Crippen LogP contribution in [0.3, 0.4) is 0 Å². The Morgan fingerprint density at radius 2 is 2.27 bits per heavy atom. The van der Waals surface area contributed by atoms with Crippen molar-refractivity contribution in [3.63, 3.8) is 0 Å². The summed E-state index contributed by atoms with van der Waals surface area (Å²) < 4.78 is 0. The van der Waals surface area contributed by atoms with Gasteiger partial charge in [0.15, 0.2) is 0 Å². The smallest absolute Gasteiger partial charge is 0.0991 e. The first-order chi connectivity index (χ1) is 7.38. The van der Waals surface area contributed by atoms with Gasteiger partial charge in [0, 0.05) is 0 Å². The molecule has 0 saturated carbocycles. The highest BCUT2D eigenvalue weighted by Crippen LogP contribution is 2.22. The average molecular weight is 197 g/mol. The first-order valence-electron chi connectivity index (χ1n) is 5.52. The van der Waals surface area contributed by atoms with E-state index in [0.717, 1.165) is 17.9 Å². The van der Waals surface area contributed by atoms with Gasteiger partial charge in [0.05, 0.1) is 11.6 Å². The van der Waals surface area contributed by atoms with Crippen molar-refractivity contribution in [2.45, 2.75) is 25.7 Å². The molecule has 1 aromatic carbocycles. The van der Waals surface area contributed by atoms with Crippen LogP contribution in [0.4, 0.5) is 0 Å². The van der Waals surface area contributed by atoms with Gasteiger partial charge < -0.3 is 0 Å². The maximum absolute atomic E-state index is 8.81. The summed E-state index contributed by atoms with van der Waals surface area (Å²) in [5.74, 6) is 0.768. The van der Waals surface area contributed by atoms with Crippen LogP contribution in [0.15, 0.2) is 36.4 Å². The summed E-state index contributed by atoms with van der Waals surface area (Å²) in [6.45, 7) is 0. The molecule has 1 aliphatic rings. The molecule has 0 spiro atoms. The minimum Gasteiger partial charge on any atom is -0.192 e. The zero-order valence-electron chi connectivity index (χ0n) is 8.82.